The van der Waals surface area contributed by atoms with E-state index in [0.717, 1.165) is 12.1 Å². The standard InChI is InChI=1S/C11H6ClF2N5/c12-7-6(13)2-1-4(8(7)14)9-5(3-15)10(16)19-11(17)18-9/h1-2H,(H4,16,17,18,19). The molecule has 1 aromatic heterocycles. The number of rotatable bonds is 1. The number of benzene rings is 1. The van der Waals surface area contributed by atoms with Crippen molar-refractivity contribution >= 4 is 23.4 Å². The summed E-state index contributed by atoms with van der Waals surface area (Å²) in [7, 11) is 0. The number of hydrogen-bond donors (Lipinski definition) is 2. The minimum absolute atomic E-state index is 0.132. The fraction of sp³-hybridized carbons (Fsp3) is 0. The van der Waals surface area contributed by atoms with Gasteiger partial charge in [-0.2, -0.15) is 10.2 Å². The molecule has 4 N–H and O–H groups in total. The van der Waals surface area contributed by atoms with Gasteiger partial charge in [0, 0.05) is 5.56 Å². The lowest BCUT2D eigenvalue weighted by Crippen LogP contribution is -2.06. The van der Waals surface area contributed by atoms with Gasteiger partial charge < -0.3 is 11.5 Å². The van der Waals surface area contributed by atoms with E-state index in [0.29, 0.717) is 0 Å². The van der Waals surface area contributed by atoms with Gasteiger partial charge in [0.15, 0.2) is 5.82 Å². The third kappa shape index (κ3) is 2.13. The monoisotopic (exact) mass is 281 g/mol. The molecule has 2 aromatic rings. The van der Waals surface area contributed by atoms with E-state index in [9.17, 15) is 8.78 Å². The normalized spacial score (nSPS) is 10.2. The molecule has 0 aliphatic rings. The number of anilines is 2. The average molecular weight is 282 g/mol. The summed E-state index contributed by atoms with van der Waals surface area (Å²) in [6.45, 7) is 0. The second kappa shape index (κ2) is 4.66. The zero-order chi connectivity index (χ0) is 14.2. The van der Waals surface area contributed by atoms with Crippen LogP contribution in [-0.4, -0.2) is 9.97 Å². The Morgan fingerprint density at radius 3 is 2.53 bits per heavy atom. The van der Waals surface area contributed by atoms with Crippen molar-refractivity contribution in [3.8, 4) is 17.3 Å². The van der Waals surface area contributed by atoms with Crippen LogP contribution in [0.4, 0.5) is 20.5 Å². The molecule has 0 saturated heterocycles. The number of nitriles is 1. The predicted molar refractivity (Wildman–Crippen MR) is 65.9 cm³/mol. The molecule has 1 aromatic carbocycles. The zero-order valence-electron chi connectivity index (χ0n) is 9.28. The van der Waals surface area contributed by atoms with Crippen LogP contribution >= 0.6 is 11.6 Å². The fourth-order valence-corrected chi connectivity index (χ4v) is 1.67. The molecule has 0 amide bonds. The van der Waals surface area contributed by atoms with Gasteiger partial charge in [0.1, 0.15) is 28.3 Å². The minimum atomic E-state index is -1.05. The van der Waals surface area contributed by atoms with Crippen LogP contribution in [0.2, 0.25) is 5.02 Å². The Morgan fingerprint density at radius 2 is 1.89 bits per heavy atom. The highest BCUT2D eigenvalue weighted by Gasteiger charge is 2.19. The lowest BCUT2D eigenvalue weighted by molar-refractivity contribution is 0.586. The molecule has 5 nitrogen and oxygen atoms in total. The first-order chi connectivity index (χ1) is 8.95. The third-order valence-electron chi connectivity index (χ3n) is 2.36. The number of aromatic nitrogens is 2. The molecule has 96 valence electrons. The Balaban J connectivity index is 2.80. The highest BCUT2D eigenvalue weighted by molar-refractivity contribution is 6.31. The Morgan fingerprint density at radius 1 is 1.21 bits per heavy atom. The summed E-state index contributed by atoms with van der Waals surface area (Å²) >= 11 is 5.47. The third-order valence-corrected chi connectivity index (χ3v) is 2.70. The fourth-order valence-electron chi connectivity index (χ4n) is 1.51. The van der Waals surface area contributed by atoms with Crippen molar-refractivity contribution in [2.45, 2.75) is 0 Å². The van der Waals surface area contributed by atoms with Gasteiger partial charge in [-0.15, -0.1) is 0 Å². The molecule has 0 unspecified atom stereocenters. The van der Waals surface area contributed by atoms with Crippen LogP contribution in [0.25, 0.3) is 11.3 Å². The van der Waals surface area contributed by atoms with Crippen LogP contribution in [-0.2, 0) is 0 Å². The lowest BCUT2D eigenvalue weighted by atomic mass is 10.1. The number of hydrogen-bond acceptors (Lipinski definition) is 5. The number of nitrogens with two attached hydrogens (primary N) is 2. The number of halogens is 3. The van der Waals surface area contributed by atoms with Gasteiger partial charge in [-0.3, -0.25) is 0 Å². The molecule has 0 aliphatic carbocycles. The first-order valence-corrected chi connectivity index (χ1v) is 5.30. The van der Waals surface area contributed by atoms with E-state index in [1.54, 1.807) is 6.07 Å². The average Bonchev–Trinajstić information content (AvgIpc) is 2.35. The van der Waals surface area contributed by atoms with Crippen LogP contribution in [0.5, 0.6) is 0 Å². The smallest absolute Gasteiger partial charge is 0.222 e. The Kier molecular flexibility index (Phi) is 3.19. The van der Waals surface area contributed by atoms with E-state index in [2.05, 4.69) is 9.97 Å². The maximum atomic E-state index is 13.9. The summed E-state index contributed by atoms with van der Waals surface area (Å²) in [5.74, 6) is -2.39. The second-order valence-electron chi connectivity index (χ2n) is 3.53. The number of nitrogen functional groups attached to an aromatic ring is 2. The zero-order valence-corrected chi connectivity index (χ0v) is 10.0. The van der Waals surface area contributed by atoms with Crippen molar-refractivity contribution in [3.05, 3.63) is 34.4 Å². The van der Waals surface area contributed by atoms with Crippen molar-refractivity contribution in [1.29, 1.82) is 5.26 Å². The molecule has 0 radical (unpaired) electrons. The van der Waals surface area contributed by atoms with E-state index in [1.807, 2.05) is 0 Å². The summed E-state index contributed by atoms with van der Waals surface area (Å²) in [6.07, 6.45) is 0. The van der Waals surface area contributed by atoms with Crippen molar-refractivity contribution < 1.29 is 8.78 Å². The summed E-state index contributed by atoms with van der Waals surface area (Å²) in [5.41, 5.74) is 10.4. The second-order valence-corrected chi connectivity index (χ2v) is 3.90. The molecule has 0 spiro atoms. The van der Waals surface area contributed by atoms with Crippen LogP contribution < -0.4 is 11.5 Å². The molecule has 0 bridgehead atoms. The number of nitrogens with zero attached hydrogens (tertiary/aromatic N) is 3. The molecular weight excluding hydrogens is 276 g/mol. The Bertz CT molecular complexity index is 711. The Hall–Kier alpha value is -2.46. The van der Waals surface area contributed by atoms with Crippen molar-refractivity contribution in [2.75, 3.05) is 11.5 Å². The van der Waals surface area contributed by atoms with Crippen LogP contribution in [0.15, 0.2) is 12.1 Å². The molecule has 1 heterocycles. The largest absolute Gasteiger partial charge is 0.382 e. The molecule has 0 atom stereocenters. The maximum absolute atomic E-state index is 13.9. The van der Waals surface area contributed by atoms with Gasteiger partial charge in [-0.25, -0.2) is 13.8 Å². The van der Waals surface area contributed by atoms with E-state index in [-0.39, 0.29) is 28.6 Å². The molecular formula is C11H6ClF2N5. The summed E-state index contributed by atoms with van der Waals surface area (Å²) in [4.78, 5) is 7.34. The van der Waals surface area contributed by atoms with Crippen molar-refractivity contribution in [3.63, 3.8) is 0 Å². The van der Waals surface area contributed by atoms with Gasteiger partial charge in [-0.05, 0) is 12.1 Å². The SMILES string of the molecule is N#Cc1c(N)nc(N)nc1-c1ccc(F)c(Cl)c1F. The molecule has 2 rings (SSSR count). The maximum Gasteiger partial charge on any atom is 0.222 e. The first-order valence-electron chi connectivity index (χ1n) is 4.92. The predicted octanol–water partition coefficient (Wildman–Crippen LogP) is 2.11. The molecule has 0 fully saturated rings. The highest BCUT2D eigenvalue weighted by atomic mass is 35.5. The van der Waals surface area contributed by atoms with E-state index in [4.69, 9.17) is 28.3 Å². The summed E-state index contributed by atoms with van der Waals surface area (Å²) in [6, 6.07) is 3.79. The van der Waals surface area contributed by atoms with E-state index >= 15 is 0 Å². The quantitative estimate of drug-likeness (QED) is 0.780. The van der Waals surface area contributed by atoms with Crippen molar-refractivity contribution in [1.82, 2.24) is 9.97 Å². The van der Waals surface area contributed by atoms with Crippen molar-refractivity contribution in [2.24, 2.45) is 0 Å². The summed E-state index contributed by atoms with van der Waals surface area (Å²) < 4.78 is 27.0. The van der Waals surface area contributed by atoms with Crippen LogP contribution in [0, 0.1) is 23.0 Å². The van der Waals surface area contributed by atoms with Gasteiger partial charge in [0.05, 0.1) is 5.69 Å². The Labute approximate surface area is 111 Å². The van der Waals surface area contributed by atoms with Gasteiger partial charge in [0.25, 0.3) is 0 Å². The minimum Gasteiger partial charge on any atom is -0.382 e. The van der Waals surface area contributed by atoms with Gasteiger partial charge in [0.2, 0.25) is 5.95 Å². The van der Waals surface area contributed by atoms with Crippen LogP contribution in [0.3, 0.4) is 0 Å². The molecule has 8 heteroatoms. The van der Waals surface area contributed by atoms with E-state index in [1.165, 1.54) is 0 Å². The van der Waals surface area contributed by atoms with Crippen LogP contribution in [0.1, 0.15) is 5.56 Å². The first kappa shape index (κ1) is 13.0. The molecule has 0 aliphatic heterocycles. The molecule has 0 saturated carbocycles. The van der Waals surface area contributed by atoms with Gasteiger partial charge in [-0.1, -0.05) is 11.6 Å². The lowest BCUT2D eigenvalue weighted by Gasteiger charge is -2.08. The topological polar surface area (TPSA) is 102 Å². The highest BCUT2D eigenvalue weighted by Crippen LogP contribution is 2.32. The van der Waals surface area contributed by atoms with E-state index < -0.39 is 16.7 Å². The summed E-state index contributed by atoms with van der Waals surface area (Å²) in [5, 5.41) is 8.29. The molecule has 19 heavy (non-hydrogen) atoms. The van der Waals surface area contributed by atoms with Gasteiger partial charge >= 0.3 is 0 Å².